The minimum absolute atomic E-state index is 0.219. The van der Waals surface area contributed by atoms with Gasteiger partial charge in [-0.1, -0.05) is 53.8 Å². The lowest BCUT2D eigenvalue weighted by Gasteiger charge is -2.32. The highest BCUT2D eigenvalue weighted by Gasteiger charge is 2.34. The van der Waals surface area contributed by atoms with Gasteiger partial charge in [-0.2, -0.15) is 0 Å². The van der Waals surface area contributed by atoms with Crippen LogP contribution in [0.15, 0.2) is 80.1 Å². The zero-order valence-electron chi connectivity index (χ0n) is 22.2. The van der Waals surface area contributed by atoms with Gasteiger partial charge >= 0.3 is 5.97 Å². The van der Waals surface area contributed by atoms with Crippen LogP contribution in [-0.2, 0) is 9.53 Å². The molecular weight excluding hydrogens is 512 g/mol. The molecule has 1 saturated heterocycles. The summed E-state index contributed by atoms with van der Waals surface area (Å²) in [5.74, 6) is 0.947. The second-order valence-electron chi connectivity index (χ2n) is 9.84. The monoisotopic (exact) mass is 542 g/mol. The molecule has 200 valence electrons. The molecule has 39 heavy (non-hydrogen) atoms. The standard InChI is InChI=1S/C30H30N4O4S/c1-4-37-29(36)26-19(2)31-30-34(27(26)23-11-7-9-20-8-5-6-10-22(20)23)28(35)24(39-30)18-21-12-13-25(38-21)33-16-14-32(3)15-17-33/h5-13,18,27H,4,14-17H2,1-3H3/b24-18+. The number of thiazole rings is 1. The Labute approximate surface area is 229 Å². The number of rotatable bonds is 5. The van der Waals surface area contributed by atoms with E-state index in [0.29, 0.717) is 26.4 Å². The summed E-state index contributed by atoms with van der Waals surface area (Å²) in [6.45, 7) is 7.55. The van der Waals surface area contributed by atoms with Crippen LogP contribution in [0.4, 0.5) is 5.88 Å². The van der Waals surface area contributed by atoms with Crippen LogP contribution >= 0.6 is 11.3 Å². The summed E-state index contributed by atoms with van der Waals surface area (Å²) in [4.78, 5) is 36.9. The van der Waals surface area contributed by atoms with Gasteiger partial charge in [0.15, 0.2) is 10.7 Å². The molecule has 0 aliphatic carbocycles. The van der Waals surface area contributed by atoms with Crippen LogP contribution in [0.1, 0.15) is 31.2 Å². The van der Waals surface area contributed by atoms with Crippen molar-refractivity contribution in [3.8, 4) is 0 Å². The first-order valence-electron chi connectivity index (χ1n) is 13.1. The zero-order chi connectivity index (χ0) is 27.1. The topological polar surface area (TPSA) is 80.3 Å². The summed E-state index contributed by atoms with van der Waals surface area (Å²) >= 11 is 1.30. The quantitative estimate of drug-likeness (QED) is 0.360. The van der Waals surface area contributed by atoms with E-state index in [1.54, 1.807) is 24.5 Å². The zero-order valence-corrected chi connectivity index (χ0v) is 23.0. The molecule has 9 heteroatoms. The molecule has 0 N–H and O–H groups in total. The number of aromatic nitrogens is 1. The van der Waals surface area contributed by atoms with Crippen molar-refractivity contribution < 1.29 is 13.9 Å². The van der Waals surface area contributed by atoms with Gasteiger partial charge in [0.2, 0.25) is 0 Å². The van der Waals surface area contributed by atoms with E-state index < -0.39 is 12.0 Å². The van der Waals surface area contributed by atoms with Crippen molar-refractivity contribution >= 4 is 40.0 Å². The summed E-state index contributed by atoms with van der Waals surface area (Å²) < 4.78 is 13.7. The molecular formula is C30H30N4O4S. The Morgan fingerprint density at radius 1 is 1.10 bits per heavy atom. The number of ether oxygens (including phenoxy) is 1. The van der Waals surface area contributed by atoms with Gasteiger partial charge in [-0.25, -0.2) is 9.79 Å². The van der Waals surface area contributed by atoms with Crippen molar-refractivity contribution in [2.45, 2.75) is 19.9 Å². The molecule has 2 aromatic carbocycles. The van der Waals surface area contributed by atoms with Gasteiger partial charge in [-0.15, -0.1) is 0 Å². The van der Waals surface area contributed by atoms with E-state index in [2.05, 4.69) is 16.8 Å². The maximum absolute atomic E-state index is 14.0. The van der Waals surface area contributed by atoms with E-state index in [-0.39, 0.29) is 12.2 Å². The molecule has 0 amide bonds. The number of carbonyl (C=O) groups excluding carboxylic acids is 1. The summed E-state index contributed by atoms with van der Waals surface area (Å²) in [5, 5.41) is 2.00. The van der Waals surface area contributed by atoms with Crippen LogP contribution in [0.5, 0.6) is 0 Å². The van der Waals surface area contributed by atoms with Crippen LogP contribution in [-0.4, -0.2) is 55.3 Å². The number of piperazine rings is 1. The Balaban J connectivity index is 1.48. The molecule has 0 spiro atoms. The van der Waals surface area contributed by atoms with Crippen LogP contribution in [0.3, 0.4) is 0 Å². The molecule has 1 atom stereocenters. The van der Waals surface area contributed by atoms with Crippen LogP contribution in [0.2, 0.25) is 0 Å². The van der Waals surface area contributed by atoms with E-state index in [1.165, 1.54) is 11.3 Å². The lowest BCUT2D eigenvalue weighted by Crippen LogP contribution is -2.44. The number of esters is 1. The molecule has 1 unspecified atom stereocenters. The van der Waals surface area contributed by atoms with E-state index in [9.17, 15) is 9.59 Å². The molecule has 0 bridgehead atoms. The first-order valence-corrected chi connectivity index (χ1v) is 14.0. The molecule has 4 aromatic rings. The molecule has 6 rings (SSSR count). The highest BCUT2D eigenvalue weighted by molar-refractivity contribution is 7.07. The Bertz CT molecular complexity index is 1770. The third kappa shape index (κ3) is 4.62. The largest absolute Gasteiger partial charge is 0.463 e. The highest BCUT2D eigenvalue weighted by Crippen LogP contribution is 2.34. The van der Waals surface area contributed by atoms with Gasteiger partial charge in [-0.3, -0.25) is 9.36 Å². The third-order valence-electron chi connectivity index (χ3n) is 7.34. The number of hydrogen-bond acceptors (Lipinski definition) is 8. The fourth-order valence-electron chi connectivity index (χ4n) is 5.32. The molecule has 1 fully saturated rings. The maximum atomic E-state index is 14.0. The van der Waals surface area contributed by atoms with E-state index in [0.717, 1.165) is 48.4 Å². The lowest BCUT2D eigenvalue weighted by atomic mass is 9.91. The maximum Gasteiger partial charge on any atom is 0.338 e. The Hall–Kier alpha value is -3.95. The predicted octanol–water partition coefficient (Wildman–Crippen LogP) is 3.30. The summed E-state index contributed by atoms with van der Waals surface area (Å²) in [6, 6.07) is 17.1. The Morgan fingerprint density at radius 2 is 1.87 bits per heavy atom. The van der Waals surface area contributed by atoms with Gasteiger partial charge in [0.1, 0.15) is 5.76 Å². The number of allylic oxidation sites excluding steroid dienone is 1. The predicted molar refractivity (Wildman–Crippen MR) is 153 cm³/mol. The molecule has 2 aromatic heterocycles. The van der Waals surface area contributed by atoms with Gasteiger partial charge < -0.3 is 19.0 Å². The average molecular weight is 543 g/mol. The summed E-state index contributed by atoms with van der Waals surface area (Å²) in [7, 11) is 2.12. The van der Waals surface area contributed by atoms with Crippen LogP contribution in [0.25, 0.3) is 16.8 Å². The van der Waals surface area contributed by atoms with Crippen LogP contribution < -0.4 is 19.8 Å². The number of fused-ring (bicyclic) bond motifs is 2. The van der Waals surface area contributed by atoms with Crippen molar-refractivity contribution in [3.63, 3.8) is 0 Å². The summed E-state index contributed by atoms with van der Waals surface area (Å²) in [6.07, 6.45) is 1.77. The minimum Gasteiger partial charge on any atom is -0.463 e. The second kappa shape index (κ2) is 10.3. The first kappa shape index (κ1) is 25.3. The van der Waals surface area contributed by atoms with Gasteiger partial charge in [0.05, 0.1) is 28.5 Å². The smallest absolute Gasteiger partial charge is 0.338 e. The third-order valence-corrected chi connectivity index (χ3v) is 8.32. The normalized spacial score (nSPS) is 18.4. The lowest BCUT2D eigenvalue weighted by molar-refractivity contribution is -0.139. The Morgan fingerprint density at radius 3 is 2.67 bits per heavy atom. The van der Waals surface area contributed by atoms with Crippen molar-refractivity contribution in [2.75, 3.05) is 44.7 Å². The van der Waals surface area contributed by atoms with Crippen molar-refractivity contribution in [3.05, 3.63) is 96.9 Å². The van der Waals surface area contributed by atoms with E-state index >= 15 is 0 Å². The number of nitrogens with zero attached hydrogens (tertiary/aromatic N) is 4. The fourth-order valence-corrected chi connectivity index (χ4v) is 6.35. The molecule has 2 aliphatic rings. The van der Waals surface area contributed by atoms with Gasteiger partial charge in [-0.05, 0) is 43.3 Å². The molecule has 0 radical (unpaired) electrons. The first-order chi connectivity index (χ1) is 18.9. The molecule has 8 nitrogen and oxygen atoms in total. The Kier molecular flexibility index (Phi) is 6.70. The molecule has 2 aliphatic heterocycles. The second-order valence-corrected chi connectivity index (χ2v) is 10.8. The number of benzene rings is 2. The highest BCUT2D eigenvalue weighted by atomic mass is 32.1. The van der Waals surface area contributed by atoms with Crippen molar-refractivity contribution in [2.24, 2.45) is 4.99 Å². The number of likely N-dealkylation sites (N-methyl/N-ethyl adjacent to an activating group) is 1. The SMILES string of the molecule is CCOC(=O)C1=C(C)N=c2s/c(=C/c3ccc(N4CCN(C)CC4)o3)c(=O)n2C1c1cccc2ccccc12. The molecule has 0 saturated carbocycles. The number of hydrogen-bond donors (Lipinski definition) is 0. The van der Waals surface area contributed by atoms with E-state index in [4.69, 9.17) is 14.1 Å². The van der Waals surface area contributed by atoms with E-state index in [1.807, 2.05) is 54.6 Å². The van der Waals surface area contributed by atoms with Crippen LogP contribution in [0, 0.1) is 0 Å². The fraction of sp³-hybridized carbons (Fsp3) is 0.300. The van der Waals surface area contributed by atoms with Gasteiger partial charge in [0, 0.05) is 38.3 Å². The van der Waals surface area contributed by atoms with Gasteiger partial charge in [0.25, 0.3) is 5.56 Å². The summed E-state index contributed by atoms with van der Waals surface area (Å²) in [5.41, 5.74) is 1.56. The van der Waals surface area contributed by atoms with Crippen molar-refractivity contribution in [1.82, 2.24) is 9.47 Å². The number of anilines is 1. The molecule has 4 heterocycles. The number of furan rings is 1. The van der Waals surface area contributed by atoms with Crippen molar-refractivity contribution in [1.29, 1.82) is 0 Å². The number of carbonyl (C=O) groups is 1. The minimum atomic E-state index is -0.661. The average Bonchev–Trinajstić information content (AvgIpc) is 3.52.